The summed E-state index contributed by atoms with van der Waals surface area (Å²) >= 11 is 5.96. The summed E-state index contributed by atoms with van der Waals surface area (Å²) in [6.07, 6.45) is 0.349. The number of carboxylic acids is 1. The van der Waals surface area contributed by atoms with E-state index < -0.39 is 18.0 Å². The Labute approximate surface area is 150 Å². The molecule has 0 saturated heterocycles. The van der Waals surface area contributed by atoms with Crippen molar-refractivity contribution in [2.24, 2.45) is 5.92 Å². The number of carbonyl (C=O) groups is 2. The van der Waals surface area contributed by atoms with Gasteiger partial charge < -0.3 is 15.2 Å². The summed E-state index contributed by atoms with van der Waals surface area (Å²) in [5.41, 5.74) is 2.48. The number of ether oxygens (including phenoxy) is 1. The molecule has 0 radical (unpaired) electrons. The summed E-state index contributed by atoms with van der Waals surface area (Å²) in [4.78, 5) is 23.3. The zero-order valence-electron chi connectivity index (χ0n) is 13.7. The van der Waals surface area contributed by atoms with E-state index in [0.717, 1.165) is 11.1 Å². The number of hydrogen-bond acceptors (Lipinski definition) is 3. The lowest BCUT2D eigenvalue weighted by molar-refractivity contribution is -0.141. The van der Waals surface area contributed by atoms with Crippen molar-refractivity contribution in [3.05, 3.63) is 58.6 Å². The highest BCUT2D eigenvalue weighted by molar-refractivity contribution is 6.30. The number of hydrogen-bond donors (Lipinski definition) is 2. The van der Waals surface area contributed by atoms with Gasteiger partial charge in [-0.2, -0.15) is 0 Å². The van der Waals surface area contributed by atoms with Crippen molar-refractivity contribution >= 4 is 29.2 Å². The van der Waals surface area contributed by atoms with Crippen LogP contribution in [-0.4, -0.2) is 23.1 Å². The lowest BCUT2D eigenvalue weighted by Gasteiger charge is -2.12. The maximum Gasteiger partial charge on any atom is 0.306 e. The number of amides is 1. The van der Waals surface area contributed by atoms with Crippen molar-refractivity contribution in [3.8, 4) is 5.75 Å². The van der Waals surface area contributed by atoms with Gasteiger partial charge in [0.05, 0.1) is 5.92 Å². The van der Waals surface area contributed by atoms with Crippen molar-refractivity contribution in [2.45, 2.75) is 25.9 Å². The summed E-state index contributed by atoms with van der Waals surface area (Å²) in [6, 6.07) is 12.5. The van der Waals surface area contributed by atoms with Gasteiger partial charge in [0.15, 0.2) is 6.10 Å². The summed E-state index contributed by atoms with van der Waals surface area (Å²) in [5, 5.41) is 12.4. The van der Waals surface area contributed by atoms with Crippen LogP contribution < -0.4 is 10.1 Å². The van der Waals surface area contributed by atoms with Crippen LogP contribution in [0.1, 0.15) is 18.1 Å². The standard InChI is InChI=1S/C19H18ClNO4/c1-11(19(23)24)8-12-2-5-15(6-3-12)21-18(22)17-10-13-9-14(20)4-7-16(13)25-17/h2-7,9,11,17H,8,10H2,1H3,(H,21,22)(H,23,24). The molecule has 0 saturated carbocycles. The normalized spacial score (nSPS) is 16.6. The van der Waals surface area contributed by atoms with Crippen LogP contribution in [0.3, 0.4) is 0 Å². The molecule has 2 atom stereocenters. The molecule has 1 aliphatic rings. The molecule has 0 aliphatic carbocycles. The Bertz CT molecular complexity index is 804. The molecule has 2 aromatic carbocycles. The van der Waals surface area contributed by atoms with Crippen LogP contribution in [0.2, 0.25) is 5.02 Å². The fourth-order valence-electron chi connectivity index (χ4n) is 2.75. The first kappa shape index (κ1) is 17.3. The van der Waals surface area contributed by atoms with Crippen LogP contribution in [0, 0.1) is 5.92 Å². The minimum atomic E-state index is -0.824. The van der Waals surface area contributed by atoms with Crippen molar-refractivity contribution in [1.29, 1.82) is 0 Å². The molecule has 2 unspecified atom stereocenters. The second-order valence-corrected chi connectivity index (χ2v) is 6.63. The van der Waals surface area contributed by atoms with E-state index in [0.29, 0.717) is 29.3 Å². The monoisotopic (exact) mass is 359 g/mol. The maximum absolute atomic E-state index is 12.4. The van der Waals surface area contributed by atoms with Gasteiger partial charge in [-0.05, 0) is 47.9 Å². The number of carboxylic acid groups (broad SMARTS) is 1. The third kappa shape index (κ3) is 4.12. The van der Waals surface area contributed by atoms with E-state index in [1.165, 1.54) is 0 Å². The van der Waals surface area contributed by atoms with Gasteiger partial charge in [-0.15, -0.1) is 0 Å². The number of carbonyl (C=O) groups excluding carboxylic acids is 1. The fraction of sp³-hybridized carbons (Fsp3) is 0.263. The first-order chi connectivity index (χ1) is 11.9. The van der Waals surface area contributed by atoms with Crippen LogP contribution in [0.5, 0.6) is 5.75 Å². The Morgan fingerprint density at radius 3 is 2.68 bits per heavy atom. The number of anilines is 1. The Kier molecular flexibility index (Phi) is 4.95. The Morgan fingerprint density at radius 1 is 1.28 bits per heavy atom. The van der Waals surface area contributed by atoms with Crippen LogP contribution in [0.25, 0.3) is 0 Å². The van der Waals surface area contributed by atoms with E-state index in [1.807, 2.05) is 18.2 Å². The molecule has 0 bridgehead atoms. The predicted octanol–water partition coefficient (Wildman–Crippen LogP) is 3.55. The van der Waals surface area contributed by atoms with Crippen LogP contribution >= 0.6 is 11.6 Å². The lowest BCUT2D eigenvalue weighted by atomic mass is 10.0. The van der Waals surface area contributed by atoms with E-state index in [9.17, 15) is 9.59 Å². The van der Waals surface area contributed by atoms with Gasteiger partial charge >= 0.3 is 5.97 Å². The summed E-state index contributed by atoms with van der Waals surface area (Å²) in [6.45, 7) is 1.67. The van der Waals surface area contributed by atoms with E-state index in [4.69, 9.17) is 21.4 Å². The number of halogens is 1. The van der Waals surface area contributed by atoms with Crippen molar-refractivity contribution in [3.63, 3.8) is 0 Å². The second-order valence-electron chi connectivity index (χ2n) is 6.19. The Morgan fingerprint density at radius 2 is 2.00 bits per heavy atom. The quantitative estimate of drug-likeness (QED) is 0.856. The van der Waals surface area contributed by atoms with Gasteiger partial charge in [0.2, 0.25) is 0 Å². The molecule has 1 aliphatic heterocycles. The maximum atomic E-state index is 12.4. The molecule has 0 spiro atoms. The molecular weight excluding hydrogens is 342 g/mol. The average molecular weight is 360 g/mol. The third-order valence-corrected chi connectivity index (χ3v) is 4.41. The van der Waals surface area contributed by atoms with Crippen molar-refractivity contribution in [2.75, 3.05) is 5.32 Å². The van der Waals surface area contributed by atoms with Gasteiger partial charge in [0, 0.05) is 17.1 Å². The van der Waals surface area contributed by atoms with Gasteiger partial charge in [-0.25, -0.2) is 0 Å². The third-order valence-electron chi connectivity index (χ3n) is 4.17. The molecule has 3 rings (SSSR count). The van der Waals surface area contributed by atoms with E-state index >= 15 is 0 Å². The summed E-state index contributed by atoms with van der Waals surface area (Å²) in [7, 11) is 0. The summed E-state index contributed by atoms with van der Waals surface area (Å²) < 4.78 is 5.66. The first-order valence-corrected chi connectivity index (χ1v) is 8.38. The van der Waals surface area contributed by atoms with Gasteiger partial charge in [0.1, 0.15) is 5.75 Å². The highest BCUT2D eigenvalue weighted by Crippen LogP contribution is 2.31. The Hall–Kier alpha value is -2.53. The van der Waals surface area contributed by atoms with Crippen molar-refractivity contribution < 1.29 is 19.4 Å². The Balaban J connectivity index is 1.59. The number of fused-ring (bicyclic) bond motifs is 1. The number of rotatable bonds is 5. The molecule has 6 heteroatoms. The highest BCUT2D eigenvalue weighted by atomic mass is 35.5. The van der Waals surface area contributed by atoms with E-state index in [-0.39, 0.29) is 5.91 Å². The molecule has 1 heterocycles. The molecule has 2 N–H and O–H groups in total. The van der Waals surface area contributed by atoms with Crippen molar-refractivity contribution in [1.82, 2.24) is 0 Å². The van der Waals surface area contributed by atoms with Crippen LogP contribution in [-0.2, 0) is 22.4 Å². The van der Waals surface area contributed by atoms with E-state index in [1.54, 1.807) is 31.2 Å². The molecule has 1 amide bonds. The fourth-order valence-corrected chi connectivity index (χ4v) is 2.95. The van der Waals surface area contributed by atoms with E-state index in [2.05, 4.69) is 5.32 Å². The smallest absolute Gasteiger partial charge is 0.306 e. The largest absolute Gasteiger partial charge is 0.481 e. The lowest BCUT2D eigenvalue weighted by Crippen LogP contribution is -2.31. The second kappa shape index (κ2) is 7.15. The number of nitrogens with one attached hydrogen (secondary N) is 1. The molecule has 25 heavy (non-hydrogen) atoms. The highest BCUT2D eigenvalue weighted by Gasteiger charge is 2.29. The first-order valence-electron chi connectivity index (χ1n) is 8.00. The molecule has 5 nitrogen and oxygen atoms in total. The number of aliphatic carboxylic acids is 1. The minimum Gasteiger partial charge on any atom is -0.481 e. The SMILES string of the molecule is CC(Cc1ccc(NC(=O)C2Cc3cc(Cl)ccc3O2)cc1)C(=O)O. The zero-order chi connectivity index (χ0) is 18.0. The summed E-state index contributed by atoms with van der Waals surface area (Å²) in [5.74, 6) is -0.811. The molecule has 0 fully saturated rings. The number of benzene rings is 2. The average Bonchev–Trinajstić information content (AvgIpc) is 2.99. The van der Waals surface area contributed by atoms with Gasteiger partial charge in [0.25, 0.3) is 5.91 Å². The van der Waals surface area contributed by atoms with Crippen LogP contribution in [0.4, 0.5) is 5.69 Å². The van der Waals surface area contributed by atoms with Gasteiger partial charge in [-0.3, -0.25) is 9.59 Å². The molecule has 0 aromatic heterocycles. The molecular formula is C19H18ClNO4. The molecule has 130 valence electrons. The predicted molar refractivity (Wildman–Crippen MR) is 95.1 cm³/mol. The van der Waals surface area contributed by atoms with Gasteiger partial charge in [-0.1, -0.05) is 30.7 Å². The zero-order valence-corrected chi connectivity index (χ0v) is 14.4. The van der Waals surface area contributed by atoms with Crippen LogP contribution in [0.15, 0.2) is 42.5 Å². The topological polar surface area (TPSA) is 75.6 Å². The molecule has 2 aromatic rings. The minimum absolute atomic E-state index is 0.223.